The lowest BCUT2D eigenvalue weighted by molar-refractivity contribution is -0.134. The lowest BCUT2D eigenvalue weighted by Gasteiger charge is -2.34. The van der Waals surface area contributed by atoms with Gasteiger partial charge in [-0.25, -0.2) is 4.68 Å². The molecule has 0 saturated carbocycles. The number of hydrogen-bond acceptors (Lipinski definition) is 3. The summed E-state index contributed by atoms with van der Waals surface area (Å²) in [4.78, 5) is 27.7. The zero-order valence-electron chi connectivity index (χ0n) is 18.9. The predicted molar refractivity (Wildman–Crippen MR) is 127 cm³/mol. The zero-order valence-corrected chi connectivity index (χ0v) is 18.9. The number of piperidine rings is 1. The van der Waals surface area contributed by atoms with Crippen molar-refractivity contribution in [2.24, 2.45) is 5.92 Å². The van der Waals surface area contributed by atoms with Gasteiger partial charge in [0.2, 0.25) is 5.91 Å². The summed E-state index contributed by atoms with van der Waals surface area (Å²) in [6.45, 7) is 6.07. The molecule has 0 N–H and O–H groups in total. The largest absolute Gasteiger partial charge is 0.342 e. The van der Waals surface area contributed by atoms with Crippen molar-refractivity contribution < 1.29 is 4.79 Å². The molecule has 0 bridgehead atoms. The van der Waals surface area contributed by atoms with Gasteiger partial charge in [-0.2, -0.15) is 5.10 Å². The highest BCUT2D eigenvalue weighted by atomic mass is 16.2. The van der Waals surface area contributed by atoms with Gasteiger partial charge in [0.05, 0.1) is 11.6 Å². The summed E-state index contributed by atoms with van der Waals surface area (Å²) < 4.78 is 1.61. The van der Waals surface area contributed by atoms with Crippen molar-refractivity contribution in [1.29, 1.82) is 0 Å². The highest BCUT2D eigenvalue weighted by molar-refractivity contribution is 5.83. The number of carbonyl (C=O) groups is 1. The Hall–Kier alpha value is -3.21. The van der Waals surface area contributed by atoms with E-state index in [1.807, 2.05) is 72.5 Å². The van der Waals surface area contributed by atoms with Crippen LogP contribution in [0.4, 0.5) is 0 Å². The number of aromatic nitrogens is 2. The maximum Gasteiger partial charge on any atom is 0.267 e. The van der Waals surface area contributed by atoms with E-state index >= 15 is 0 Å². The van der Waals surface area contributed by atoms with E-state index in [1.165, 1.54) is 0 Å². The van der Waals surface area contributed by atoms with Gasteiger partial charge in [-0.3, -0.25) is 9.59 Å². The van der Waals surface area contributed by atoms with Gasteiger partial charge in [-0.1, -0.05) is 67.6 Å². The molecule has 1 fully saturated rings. The summed E-state index contributed by atoms with van der Waals surface area (Å²) in [7, 11) is 0. The molecule has 166 valence electrons. The molecule has 0 spiro atoms. The summed E-state index contributed by atoms with van der Waals surface area (Å²) in [5.41, 5.74) is 3.79. The Balaban J connectivity index is 1.42. The lowest BCUT2D eigenvalue weighted by Crippen LogP contribution is -2.42. The van der Waals surface area contributed by atoms with Crippen molar-refractivity contribution in [2.45, 2.75) is 45.6 Å². The van der Waals surface area contributed by atoms with E-state index in [2.05, 4.69) is 6.92 Å². The highest BCUT2D eigenvalue weighted by Gasteiger charge is 2.28. The second-order valence-electron chi connectivity index (χ2n) is 8.70. The average Bonchev–Trinajstić information content (AvgIpc) is 2.83. The molecule has 1 aromatic heterocycles. The molecule has 1 unspecified atom stereocenters. The summed E-state index contributed by atoms with van der Waals surface area (Å²) >= 11 is 0. The van der Waals surface area contributed by atoms with Crippen LogP contribution in [0, 0.1) is 12.8 Å². The van der Waals surface area contributed by atoms with Gasteiger partial charge in [0.25, 0.3) is 5.56 Å². The topological polar surface area (TPSA) is 55.2 Å². The van der Waals surface area contributed by atoms with Crippen LogP contribution in [0.2, 0.25) is 0 Å². The number of hydrogen-bond donors (Lipinski definition) is 0. The van der Waals surface area contributed by atoms with Gasteiger partial charge in [-0.15, -0.1) is 0 Å². The Labute approximate surface area is 189 Å². The van der Waals surface area contributed by atoms with Gasteiger partial charge in [0.15, 0.2) is 0 Å². The second kappa shape index (κ2) is 9.94. The highest BCUT2D eigenvalue weighted by Crippen LogP contribution is 2.26. The van der Waals surface area contributed by atoms with Crippen molar-refractivity contribution in [2.75, 3.05) is 13.1 Å². The van der Waals surface area contributed by atoms with E-state index in [1.54, 1.807) is 10.7 Å². The molecule has 5 heteroatoms. The first-order valence-corrected chi connectivity index (χ1v) is 11.5. The molecule has 3 aromatic rings. The molecule has 32 heavy (non-hydrogen) atoms. The van der Waals surface area contributed by atoms with E-state index < -0.39 is 0 Å². The molecule has 2 heterocycles. The zero-order chi connectivity index (χ0) is 22.5. The minimum Gasteiger partial charge on any atom is -0.342 e. The molecule has 1 saturated heterocycles. The normalized spacial score (nSPS) is 15.5. The standard InChI is InChI=1S/C27H31N3O2/c1-3-24(22-10-6-4-7-11-22)27(32)29-16-14-21(15-17-29)19-30-25(31)18-20(2)26(28-30)23-12-8-5-9-13-23/h4-13,18,21,24H,3,14-17,19H2,1-2H3. The van der Waals surface area contributed by atoms with Crippen LogP contribution >= 0.6 is 0 Å². The fourth-order valence-corrected chi connectivity index (χ4v) is 4.63. The molecular formula is C27H31N3O2. The Bertz CT molecular complexity index is 1100. The summed E-state index contributed by atoms with van der Waals surface area (Å²) in [6, 6.07) is 21.7. The molecule has 0 aliphatic carbocycles. The van der Waals surface area contributed by atoms with Crippen molar-refractivity contribution in [1.82, 2.24) is 14.7 Å². The minimum absolute atomic E-state index is 0.0594. The van der Waals surface area contributed by atoms with E-state index in [4.69, 9.17) is 5.10 Å². The summed E-state index contributed by atoms with van der Waals surface area (Å²) in [5.74, 6) is 0.476. The van der Waals surface area contributed by atoms with E-state index in [-0.39, 0.29) is 17.4 Å². The predicted octanol–water partition coefficient (Wildman–Crippen LogP) is 4.65. The molecule has 1 aliphatic heterocycles. The third-order valence-electron chi connectivity index (χ3n) is 6.50. The Morgan fingerprint density at radius 2 is 1.66 bits per heavy atom. The van der Waals surface area contributed by atoms with Crippen LogP contribution in [-0.2, 0) is 11.3 Å². The van der Waals surface area contributed by atoms with Gasteiger partial charge in [-0.05, 0) is 43.2 Å². The van der Waals surface area contributed by atoms with Crippen LogP contribution < -0.4 is 5.56 Å². The maximum atomic E-state index is 13.1. The average molecular weight is 430 g/mol. The Morgan fingerprint density at radius 1 is 1.03 bits per heavy atom. The fourth-order valence-electron chi connectivity index (χ4n) is 4.63. The number of rotatable bonds is 6. The van der Waals surface area contributed by atoms with Crippen LogP contribution in [0.5, 0.6) is 0 Å². The van der Waals surface area contributed by atoms with Gasteiger partial charge in [0.1, 0.15) is 0 Å². The van der Waals surface area contributed by atoms with Crippen LogP contribution in [0.1, 0.15) is 43.2 Å². The van der Waals surface area contributed by atoms with Crippen molar-refractivity contribution in [3.63, 3.8) is 0 Å². The first-order valence-electron chi connectivity index (χ1n) is 11.5. The van der Waals surface area contributed by atoms with Gasteiger partial charge in [0, 0.05) is 31.3 Å². The Kier molecular flexibility index (Phi) is 6.84. The third kappa shape index (κ3) is 4.82. The van der Waals surface area contributed by atoms with Crippen LogP contribution in [-0.4, -0.2) is 33.7 Å². The monoisotopic (exact) mass is 429 g/mol. The molecule has 1 aliphatic rings. The SMILES string of the molecule is CCC(C(=O)N1CCC(Cn2nc(-c3ccccc3)c(C)cc2=O)CC1)c1ccccc1. The fraction of sp³-hybridized carbons (Fsp3) is 0.370. The minimum atomic E-state index is -0.0810. The van der Waals surface area contributed by atoms with Crippen molar-refractivity contribution in [3.05, 3.63) is 88.2 Å². The molecule has 5 nitrogen and oxygen atoms in total. The van der Waals surface area contributed by atoms with Gasteiger partial charge >= 0.3 is 0 Å². The van der Waals surface area contributed by atoms with E-state index in [0.29, 0.717) is 12.5 Å². The van der Waals surface area contributed by atoms with Crippen molar-refractivity contribution >= 4 is 5.91 Å². The molecule has 0 radical (unpaired) electrons. The first-order chi connectivity index (χ1) is 15.6. The molecule has 1 amide bonds. The van der Waals surface area contributed by atoms with Crippen LogP contribution in [0.3, 0.4) is 0 Å². The number of nitrogens with zero attached hydrogens (tertiary/aromatic N) is 3. The number of amides is 1. The quantitative estimate of drug-likeness (QED) is 0.573. The Morgan fingerprint density at radius 3 is 2.28 bits per heavy atom. The third-order valence-corrected chi connectivity index (χ3v) is 6.50. The lowest BCUT2D eigenvalue weighted by atomic mass is 9.92. The summed E-state index contributed by atoms with van der Waals surface area (Å²) in [6.07, 6.45) is 2.58. The van der Waals surface area contributed by atoms with Crippen LogP contribution in [0.25, 0.3) is 11.3 Å². The van der Waals surface area contributed by atoms with Crippen LogP contribution in [0.15, 0.2) is 71.5 Å². The summed E-state index contributed by atoms with van der Waals surface area (Å²) in [5, 5.41) is 4.70. The number of carbonyl (C=O) groups excluding carboxylic acids is 1. The van der Waals surface area contributed by atoms with Crippen molar-refractivity contribution in [3.8, 4) is 11.3 Å². The smallest absolute Gasteiger partial charge is 0.267 e. The first kappa shape index (κ1) is 22.0. The molecule has 1 atom stereocenters. The van der Waals surface area contributed by atoms with Gasteiger partial charge < -0.3 is 4.90 Å². The second-order valence-corrected chi connectivity index (χ2v) is 8.70. The maximum absolute atomic E-state index is 13.1. The van der Waals surface area contributed by atoms with E-state index in [9.17, 15) is 9.59 Å². The molecule has 2 aromatic carbocycles. The number of aryl methyl sites for hydroxylation is 1. The molecule has 4 rings (SSSR count). The number of benzene rings is 2. The van der Waals surface area contributed by atoms with E-state index in [0.717, 1.165) is 54.7 Å². The number of likely N-dealkylation sites (tertiary alicyclic amines) is 1. The molecular weight excluding hydrogens is 398 g/mol.